The third-order valence-electron chi connectivity index (χ3n) is 3.09. The van der Waals surface area contributed by atoms with E-state index < -0.39 is 0 Å². The highest BCUT2D eigenvalue weighted by atomic mass is 79.9. The van der Waals surface area contributed by atoms with Crippen molar-refractivity contribution in [3.63, 3.8) is 0 Å². The van der Waals surface area contributed by atoms with Crippen molar-refractivity contribution in [3.05, 3.63) is 33.3 Å². The zero-order valence-corrected chi connectivity index (χ0v) is 12.4. The van der Waals surface area contributed by atoms with Crippen LogP contribution >= 0.6 is 27.5 Å². The Morgan fingerprint density at radius 3 is 3.06 bits per heavy atom. The minimum Gasteiger partial charge on any atom is -0.350 e. The van der Waals surface area contributed by atoms with Gasteiger partial charge in [-0.15, -0.1) is 0 Å². The molecule has 1 aromatic carbocycles. The van der Waals surface area contributed by atoms with Gasteiger partial charge in [0.15, 0.2) is 0 Å². The van der Waals surface area contributed by atoms with Crippen LogP contribution in [0.5, 0.6) is 0 Å². The van der Waals surface area contributed by atoms with Crippen LogP contribution in [0, 0.1) is 0 Å². The van der Waals surface area contributed by atoms with Gasteiger partial charge in [-0.2, -0.15) is 0 Å². The molecule has 0 aromatic heterocycles. The fourth-order valence-electron chi connectivity index (χ4n) is 2.08. The van der Waals surface area contributed by atoms with Gasteiger partial charge in [-0.3, -0.25) is 4.79 Å². The second-order valence-corrected chi connectivity index (χ2v) is 5.77. The molecule has 18 heavy (non-hydrogen) atoms. The molecule has 0 aliphatic carbocycles. The van der Waals surface area contributed by atoms with Crippen molar-refractivity contribution in [3.8, 4) is 0 Å². The number of hydrogen-bond donors (Lipinski definition) is 2. The lowest BCUT2D eigenvalue weighted by atomic mass is 10.1. The molecule has 1 unspecified atom stereocenters. The number of piperidine rings is 1. The highest BCUT2D eigenvalue weighted by molar-refractivity contribution is 9.10. The predicted octanol–water partition coefficient (Wildman–Crippen LogP) is 2.97. The first-order chi connectivity index (χ1) is 8.66. The summed E-state index contributed by atoms with van der Waals surface area (Å²) in [7, 11) is 0. The van der Waals surface area contributed by atoms with E-state index in [9.17, 15) is 4.79 Å². The molecule has 3 nitrogen and oxygen atoms in total. The molecule has 5 heteroatoms. The summed E-state index contributed by atoms with van der Waals surface area (Å²) in [5.74, 6) is -0.0863. The van der Waals surface area contributed by atoms with Gasteiger partial charge < -0.3 is 10.6 Å². The highest BCUT2D eigenvalue weighted by Gasteiger charge is 2.15. The standard InChI is InChI=1S/C13H16BrClN2O/c14-12-5-4-9(15)7-11(12)13(18)17-8-10-3-1-2-6-16-10/h4-5,7,10,16H,1-3,6,8H2,(H,17,18). The Hall–Kier alpha value is -0.580. The van der Waals surface area contributed by atoms with Crippen molar-refractivity contribution in [1.82, 2.24) is 10.6 Å². The molecule has 1 amide bonds. The number of nitrogens with one attached hydrogen (secondary N) is 2. The average molecular weight is 332 g/mol. The molecule has 2 rings (SSSR count). The van der Waals surface area contributed by atoms with Crippen LogP contribution in [0.3, 0.4) is 0 Å². The summed E-state index contributed by atoms with van der Waals surface area (Å²) in [5.41, 5.74) is 0.582. The molecule has 1 aromatic rings. The number of carbonyl (C=O) groups is 1. The van der Waals surface area contributed by atoms with Crippen molar-refractivity contribution in [2.24, 2.45) is 0 Å². The normalized spacial score (nSPS) is 19.6. The molecule has 1 saturated heterocycles. The fraction of sp³-hybridized carbons (Fsp3) is 0.462. The van der Waals surface area contributed by atoms with Crippen molar-refractivity contribution < 1.29 is 4.79 Å². The lowest BCUT2D eigenvalue weighted by Crippen LogP contribution is -2.43. The van der Waals surface area contributed by atoms with Gasteiger partial charge in [0.05, 0.1) is 5.56 Å². The topological polar surface area (TPSA) is 41.1 Å². The molecule has 0 radical (unpaired) electrons. The van der Waals surface area contributed by atoms with E-state index in [-0.39, 0.29) is 5.91 Å². The maximum atomic E-state index is 12.0. The molecule has 0 saturated carbocycles. The largest absolute Gasteiger partial charge is 0.350 e. The van der Waals surface area contributed by atoms with Crippen LogP contribution in [-0.2, 0) is 0 Å². The van der Waals surface area contributed by atoms with Crippen LogP contribution in [0.1, 0.15) is 29.6 Å². The lowest BCUT2D eigenvalue weighted by Gasteiger charge is -2.23. The Bertz CT molecular complexity index is 433. The van der Waals surface area contributed by atoms with Gasteiger partial charge in [-0.25, -0.2) is 0 Å². The van der Waals surface area contributed by atoms with E-state index in [1.54, 1.807) is 18.2 Å². The summed E-state index contributed by atoms with van der Waals surface area (Å²) in [6.07, 6.45) is 3.58. The third-order valence-corrected chi connectivity index (χ3v) is 4.02. The van der Waals surface area contributed by atoms with Crippen molar-refractivity contribution in [1.29, 1.82) is 0 Å². The van der Waals surface area contributed by atoms with Crippen LogP contribution in [0.4, 0.5) is 0 Å². The van der Waals surface area contributed by atoms with Crippen LogP contribution in [0.2, 0.25) is 5.02 Å². The van der Waals surface area contributed by atoms with E-state index in [1.807, 2.05) is 0 Å². The molecule has 0 bridgehead atoms. The highest BCUT2D eigenvalue weighted by Crippen LogP contribution is 2.21. The predicted molar refractivity (Wildman–Crippen MR) is 77.1 cm³/mol. The van der Waals surface area contributed by atoms with Gasteiger partial charge >= 0.3 is 0 Å². The van der Waals surface area contributed by atoms with Crippen LogP contribution in [0.15, 0.2) is 22.7 Å². The summed E-state index contributed by atoms with van der Waals surface area (Å²) in [6, 6.07) is 5.61. The van der Waals surface area contributed by atoms with Crippen LogP contribution in [-0.4, -0.2) is 25.0 Å². The molecule has 98 valence electrons. The zero-order valence-electron chi connectivity index (χ0n) is 10.0. The fourth-order valence-corrected chi connectivity index (χ4v) is 2.68. The quantitative estimate of drug-likeness (QED) is 0.894. The van der Waals surface area contributed by atoms with E-state index in [4.69, 9.17) is 11.6 Å². The van der Waals surface area contributed by atoms with Crippen LogP contribution < -0.4 is 10.6 Å². The molecule has 1 aliphatic heterocycles. The van der Waals surface area contributed by atoms with E-state index in [0.29, 0.717) is 23.2 Å². The Morgan fingerprint density at radius 1 is 1.50 bits per heavy atom. The molecule has 1 fully saturated rings. The summed E-state index contributed by atoms with van der Waals surface area (Å²) in [6.45, 7) is 1.71. The molecule has 1 atom stereocenters. The Morgan fingerprint density at radius 2 is 2.33 bits per heavy atom. The van der Waals surface area contributed by atoms with Gasteiger partial charge in [0.25, 0.3) is 5.91 Å². The van der Waals surface area contributed by atoms with E-state index >= 15 is 0 Å². The maximum Gasteiger partial charge on any atom is 0.252 e. The Balaban J connectivity index is 1.92. The number of hydrogen-bond acceptors (Lipinski definition) is 2. The molecule has 0 spiro atoms. The minimum atomic E-state index is -0.0863. The summed E-state index contributed by atoms with van der Waals surface area (Å²) < 4.78 is 0.765. The smallest absolute Gasteiger partial charge is 0.252 e. The minimum absolute atomic E-state index is 0.0863. The van der Waals surface area contributed by atoms with Gasteiger partial charge in [0, 0.05) is 22.1 Å². The monoisotopic (exact) mass is 330 g/mol. The maximum absolute atomic E-state index is 12.0. The van der Waals surface area contributed by atoms with Crippen molar-refractivity contribution in [2.75, 3.05) is 13.1 Å². The summed E-state index contributed by atoms with van der Waals surface area (Å²) in [4.78, 5) is 12.0. The molecule has 1 heterocycles. The number of benzene rings is 1. The van der Waals surface area contributed by atoms with Crippen molar-refractivity contribution >= 4 is 33.4 Å². The van der Waals surface area contributed by atoms with Gasteiger partial charge in [-0.05, 0) is 53.5 Å². The summed E-state index contributed by atoms with van der Waals surface area (Å²) >= 11 is 9.26. The molecular formula is C13H16BrClN2O. The first kappa shape index (κ1) is 13.8. The first-order valence-electron chi connectivity index (χ1n) is 6.13. The number of rotatable bonds is 3. The SMILES string of the molecule is O=C(NCC1CCCCN1)c1cc(Cl)ccc1Br. The van der Waals surface area contributed by atoms with Gasteiger partial charge in [0.1, 0.15) is 0 Å². The second-order valence-electron chi connectivity index (χ2n) is 4.48. The molecule has 1 aliphatic rings. The van der Waals surface area contributed by atoms with Gasteiger partial charge in [-0.1, -0.05) is 18.0 Å². The average Bonchev–Trinajstić information content (AvgIpc) is 2.40. The first-order valence-corrected chi connectivity index (χ1v) is 7.30. The molecule has 2 N–H and O–H groups in total. The summed E-state index contributed by atoms with van der Waals surface area (Å²) in [5, 5.41) is 6.91. The zero-order chi connectivity index (χ0) is 13.0. The lowest BCUT2D eigenvalue weighted by molar-refractivity contribution is 0.0947. The third kappa shape index (κ3) is 3.70. The Kier molecular flexibility index (Phi) is 5.03. The van der Waals surface area contributed by atoms with Crippen molar-refractivity contribution in [2.45, 2.75) is 25.3 Å². The second kappa shape index (κ2) is 6.55. The number of carbonyl (C=O) groups excluding carboxylic acids is 1. The Labute approximate surface area is 120 Å². The van der Waals surface area contributed by atoms with Gasteiger partial charge in [0.2, 0.25) is 0 Å². The van der Waals surface area contributed by atoms with E-state index in [0.717, 1.165) is 17.4 Å². The number of halogens is 2. The number of amides is 1. The van der Waals surface area contributed by atoms with E-state index in [1.165, 1.54) is 12.8 Å². The van der Waals surface area contributed by atoms with E-state index in [2.05, 4.69) is 26.6 Å². The van der Waals surface area contributed by atoms with Crippen LogP contribution in [0.25, 0.3) is 0 Å². The molecular weight excluding hydrogens is 316 g/mol.